The fourth-order valence-corrected chi connectivity index (χ4v) is 3.63. The largest absolute Gasteiger partial charge is 0.391 e. The summed E-state index contributed by atoms with van der Waals surface area (Å²) < 4.78 is 1.95. The molecule has 1 aliphatic heterocycles. The predicted octanol–water partition coefficient (Wildman–Crippen LogP) is 1.88. The van der Waals surface area contributed by atoms with Crippen molar-refractivity contribution >= 4 is 17.5 Å². The molecule has 0 unspecified atom stereocenters. The van der Waals surface area contributed by atoms with Crippen LogP contribution < -0.4 is 0 Å². The summed E-state index contributed by atoms with van der Waals surface area (Å²) >= 11 is 6.08. The van der Waals surface area contributed by atoms with Crippen LogP contribution in [0.15, 0.2) is 43.0 Å². The lowest BCUT2D eigenvalue weighted by atomic mass is 10.0. The van der Waals surface area contributed by atoms with Crippen LogP contribution in [0.3, 0.4) is 0 Å². The van der Waals surface area contributed by atoms with Crippen LogP contribution >= 0.6 is 11.6 Å². The second-order valence-corrected chi connectivity index (χ2v) is 7.43. The molecule has 1 aliphatic rings. The first-order valence-corrected chi connectivity index (χ1v) is 9.23. The zero-order valence-electron chi connectivity index (χ0n) is 15.0. The standard InChI is InChI=1S/C19H25ClN4O2/c1-22-12-16(18(25)13-22)10-19(26)24(8-7-23-6-5-21-14-23)11-15-3-2-4-17(20)9-15/h2-6,9,14,16,18,25H,7-8,10-13H2,1H3/t16-,18-/m1/s1. The zero-order valence-corrected chi connectivity index (χ0v) is 15.7. The maximum absolute atomic E-state index is 12.9. The van der Waals surface area contributed by atoms with E-state index in [9.17, 15) is 9.90 Å². The van der Waals surface area contributed by atoms with E-state index < -0.39 is 6.10 Å². The Morgan fingerprint density at radius 2 is 2.27 bits per heavy atom. The lowest BCUT2D eigenvalue weighted by molar-refractivity contribution is -0.133. The van der Waals surface area contributed by atoms with Crippen LogP contribution in [0.4, 0.5) is 0 Å². The molecule has 2 heterocycles. The number of carbonyl (C=O) groups is 1. The summed E-state index contributed by atoms with van der Waals surface area (Å²) in [6, 6.07) is 7.58. The molecule has 2 atom stereocenters. The SMILES string of the molecule is CN1C[C@@H](CC(=O)N(CCn2ccnc2)Cc2cccc(Cl)c2)[C@H](O)C1. The van der Waals surface area contributed by atoms with Gasteiger partial charge in [-0.3, -0.25) is 4.79 Å². The summed E-state index contributed by atoms with van der Waals surface area (Å²) in [6.45, 7) is 3.15. The highest BCUT2D eigenvalue weighted by molar-refractivity contribution is 6.30. The Morgan fingerprint density at radius 1 is 1.42 bits per heavy atom. The van der Waals surface area contributed by atoms with Crippen molar-refractivity contribution in [1.29, 1.82) is 0 Å². The van der Waals surface area contributed by atoms with Gasteiger partial charge in [0, 0.05) is 62.5 Å². The number of amides is 1. The van der Waals surface area contributed by atoms with Crippen molar-refractivity contribution < 1.29 is 9.90 Å². The van der Waals surface area contributed by atoms with Crippen LogP contribution in [0.2, 0.25) is 5.02 Å². The second kappa shape index (κ2) is 8.66. The molecule has 1 aromatic heterocycles. The highest BCUT2D eigenvalue weighted by atomic mass is 35.5. The molecule has 3 rings (SSSR count). The molecule has 0 saturated carbocycles. The van der Waals surface area contributed by atoms with E-state index in [0.29, 0.717) is 37.6 Å². The summed E-state index contributed by atoms with van der Waals surface area (Å²) in [5.74, 6) is 0.0482. The fourth-order valence-electron chi connectivity index (χ4n) is 3.42. The number of benzene rings is 1. The number of β-amino-alcohol motifs (C(OH)–C–C–N with tert-alkyl or cyclic N) is 1. The molecule has 0 radical (unpaired) electrons. The van der Waals surface area contributed by atoms with Crippen molar-refractivity contribution in [3.63, 3.8) is 0 Å². The van der Waals surface area contributed by atoms with Gasteiger partial charge in [-0.2, -0.15) is 0 Å². The van der Waals surface area contributed by atoms with Gasteiger partial charge in [0.15, 0.2) is 0 Å². The topological polar surface area (TPSA) is 61.6 Å². The number of hydrogen-bond donors (Lipinski definition) is 1. The van der Waals surface area contributed by atoms with Crippen LogP contribution in [-0.4, -0.2) is 63.2 Å². The molecule has 2 aromatic rings. The van der Waals surface area contributed by atoms with E-state index in [-0.39, 0.29) is 11.8 Å². The number of aromatic nitrogens is 2. The summed E-state index contributed by atoms with van der Waals surface area (Å²) in [4.78, 5) is 20.9. The summed E-state index contributed by atoms with van der Waals surface area (Å²) in [6.07, 6.45) is 5.28. The molecule has 1 fully saturated rings. The quantitative estimate of drug-likeness (QED) is 0.801. The van der Waals surface area contributed by atoms with Crippen molar-refractivity contribution in [3.8, 4) is 0 Å². The van der Waals surface area contributed by atoms with Gasteiger partial charge < -0.3 is 19.5 Å². The lowest BCUT2D eigenvalue weighted by Gasteiger charge is -2.25. The van der Waals surface area contributed by atoms with E-state index >= 15 is 0 Å². The van der Waals surface area contributed by atoms with Gasteiger partial charge >= 0.3 is 0 Å². The van der Waals surface area contributed by atoms with Crippen molar-refractivity contribution in [2.75, 3.05) is 26.7 Å². The Balaban J connectivity index is 1.67. The molecule has 0 aliphatic carbocycles. The Morgan fingerprint density at radius 3 is 2.92 bits per heavy atom. The minimum absolute atomic E-state index is 0.0115. The van der Waals surface area contributed by atoms with Crippen molar-refractivity contribution in [2.24, 2.45) is 5.92 Å². The van der Waals surface area contributed by atoms with Gasteiger partial charge in [0.05, 0.1) is 12.4 Å². The maximum Gasteiger partial charge on any atom is 0.223 e. The van der Waals surface area contributed by atoms with E-state index in [1.54, 1.807) is 12.5 Å². The third kappa shape index (κ3) is 5.06. The molecule has 1 saturated heterocycles. The molecule has 7 heteroatoms. The Bertz CT molecular complexity index is 722. The van der Waals surface area contributed by atoms with E-state index in [1.165, 1.54) is 0 Å². The number of aliphatic hydroxyl groups excluding tert-OH is 1. The number of imidazole rings is 1. The normalized spacial score (nSPS) is 20.4. The second-order valence-electron chi connectivity index (χ2n) is 7.00. The predicted molar refractivity (Wildman–Crippen MR) is 101 cm³/mol. The molecular weight excluding hydrogens is 352 g/mol. The van der Waals surface area contributed by atoms with E-state index in [4.69, 9.17) is 11.6 Å². The summed E-state index contributed by atoms with van der Waals surface area (Å²) in [5.41, 5.74) is 1.00. The monoisotopic (exact) mass is 376 g/mol. The first-order valence-electron chi connectivity index (χ1n) is 8.86. The van der Waals surface area contributed by atoms with E-state index in [2.05, 4.69) is 9.88 Å². The zero-order chi connectivity index (χ0) is 18.5. The third-order valence-electron chi connectivity index (χ3n) is 4.83. The van der Waals surface area contributed by atoms with Gasteiger partial charge in [-0.05, 0) is 24.7 Å². The first kappa shape index (κ1) is 18.9. The molecule has 140 valence electrons. The van der Waals surface area contributed by atoms with Gasteiger partial charge in [-0.25, -0.2) is 4.98 Å². The smallest absolute Gasteiger partial charge is 0.223 e. The van der Waals surface area contributed by atoms with E-state index in [0.717, 1.165) is 12.1 Å². The molecule has 0 spiro atoms. The molecule has 6 nitrogen and oxygen atoms in total. The van der Waals surface area contributed by atoms with Crippen molar-refractivity contribution in [3.05, 3.63) is 53.6 Å². The molecular formula is C19H25ClN4O2. The number of carbonyl (C=O) groups excluding carboxylic acids is 1. The minimum atomic E-state index is -0.439. The van der Waals surface area contributed by atoms with Gasteiger partial charge in [-0.15, -0.1) is 0 Å². The lowest BCUT2D eigenvalue weighted by Crippen LogP contribution is -2.36. The number of likely N-dealkylation sites (tertiary alicyclic amines) is 1. The molecule has 1 N–H and O–H groups in total. The minimum Gasteiger partial charge on any atom is -0.391 e. The van der Waals surface area contributed by atoms with Gasteiger partial charge in [0.25, 0.3) is 0 Å². The summed E-state index contributed by atoms with van der Waals surface area (Å²) in [7, 11) is 1.97. The van der Waals surface area contributed by atoms with Crippen LogP contribution in [-0.2, 0) is 17.9 Å². The fraction of sp³-hybridized carbons (Fsp3) is 0.474. The molecule has 26 heavy (non-hydrogen) atoms. The highest BCUT2D eigenvalue weighted by Gasteiger charge is 2.32. The third-order valence-corrected chi connectivity index (χ3v) is 5.06. The number of hydrogen-bond acceptors (Lipinski definition) is 4. The Hall–Kier alpha value is -1.89. The van der Waals surface area contributed by atoms with Gasteiger partial charge in [-0.1, -0.05) is 23.7 Å². The maximum atomic E-state index is 12.9. The number of nitrogens with zero attached hydrogens (tertiary/aromatic N) is 4. The number of halogens is 1. The van der Waals surface area contributed by atoms with Crippen molar-refractivity contribution in [2.45, 2.75) is 25.6 Å². The number of likely N-dealkylation sites (N-methyl/N-ethyl adjacent to an activating group) is 1. The number of rotatable bonds is 7. The Labute approximate surface area is 159 Å². The number of aliphatic hydroxyl groups is 1. The van der Waals surface area contributed by atoms with Crippen LogP contribution in [0.25, 0.3) is 0 Å². The van der Waals surface area contributed by atoms with Crippen molar-refractivity contribution in [1.82, 2.24) is 19.4 Å². The van der Waals surface area contributed by atoms with Crippen LogP contribution in [0.1, 0.15) is 12.0 Å². The van der Waals surface area contributed by atoms with Crippen LogP contribution in [0.5, 0.6) is 0 Å². The highest BCUT2D eigenvalue weighted by Crippen LogP contribution is 2.21. The molecule has 1 amide bonds. The van der Waals surface area contributed by atoms with Gasteiger partial charge in [0.2, 0.25) is 5.91 Å². The molecule has 0 bridgehead atoms. The van der Waals surface area contributed by atoms with E-state index in [1.807, 2.05) is 47.0 Å². The molecule has 1 aromatic carbocycles. The first-order chi connectivity index (χ1) is 12.5. The summed E-state index contributed by atoms with van der Waals surface area (Å²) in [5, 5.41) is 10.8. The Kier molecular flexibility index (Phi) is 6.29. The average molecular weight is 377 g/mol. The van der Waals surface area contributed by atoms with Crippen LogP contribution in [0, 0.1) is 5.92 Å². The van der Waals surface area contributed by atoms with Gasteiger partial charge in [0.1, 0.15) is 0 Å². The average Bonchev–Trinajstić information content (AvgIpc) is 3.21.